The van der Waals surface area contributed by atoms with Crippen molar-refractivity contribution >= 4 is 23.5 Å². The Balaban J connectivity index is 2.03. The second-order valence-electron chi connectivity index (χ2n) is 5.08. The smallest absolute Gasteiger partial charge is 0.377 e. The Labute approximate surface area is 132 Å². The van der Waals surface area contributed by atoms with Crippen LogP contribution in [-0.4, -0.2) is 22.3 Å². The largest absolute Gasteiger partial charge is 0.422 e. The van der Waals surface area contributed by atoms with Crippen molar-refractivity contribution in [3.8, 4) is 5.75 Å². The molecule has 0 amide bonds. The first-order chi connectivity index (χ1) is 11.1. The van der Waals surface area contributed by atoms with Crippen molar-refractivity contribution in [3.63, 3.8) is 0 Å². The molecule has 0 aromatic heterocycles. The number of rotatable bonds is 2. The van der Waals surface area contributed by atoms with Gasteiger partial charge in [-0.05, 0) is 30.2 Å². The summed E-state index contributed by atoms with van der Waals surface area (Å²) in [6.07, 6.45) is 1.49. The topological polar surface area (TPSA) is 79.8 Å². The number of benzene rings is 2. The van der Waals surface area contributed by atoms with Gasteiger partial charge in [-0.25, -0.2) is 4.79 Å². The van der Waals surface area contributed by atoms with Gasteiger partial charge in [0.2, 0.25) is 0 Å². The summed E-state index contributed by atoms with van der Waals surface area (Å²) in [6, 6.07) is 13.8. The van der Waals surface area contributed by atoms with Crippen LogP contribution in [0, 0.1) is 6.92 Å². The molecule has 1 aliphatic carbocycles. The van der Waals surface area contributed by atoms with Crippen LogP contribution in [0.2, 0.25) is 0 Å². The maximum Gasteiger partial charge on any atom is 0.377 e. The van der Waals surface area contributed by atoms with E-state index in [2.05, 4.69) is 4.79 Å². The number of carbonyl (C=O) groups excluding carboxylic acids is 2. The van der Waals surface area contributed by atoms with Gasteiger partial charge in [0.1, 0.15) is 5.75 Å². The van der Waals surface area contributed by atoms with Crippen molar-refractivity contribution in [2.24, 2.45) is 0 Å². The quantitative estimate of drug-likeness (QED) is 0.370. The minimum absolute atomic E-state index is 0.0700. The molecule has 2 aromatic rings. The maximum atomic E-state index is 12.4. The number of ether oxygens (including phenoxy) is 1. The molecule has 23 heavy (non-hydrogen) atoms. The van der Waals surface area contributed by atoms with Gasteiger partial charge in [0.05, 0.1) is 0 Å². The van der Waals surface area contributed by atoms with E-state index in [0.717, 1.165) is 5.56 Å². The van der Waals surface area contributed by atoms with Crippen LogP contribution in [-0.2, 0) is 4.79 Å². The average molecular weight is 304 g/mol. The fourth-order valence-electron chi connectivity index (χ4n) is 2.38. The normalized spacial score (nSPS) is 13.0. The Kier molecular flexibility index (Phi) is 3.71. The first-order valence-electron chi connectivity index (χ1n) is 6.97. The third-order valence-corrected chi connectivity index (χ3v) is 3.59. The van der Waals surface area contributed by atoms with Crippen LogP contribution in [0.4, 0.5) is 0 Å². The Morgan fingerprint density at radius 1 is 1.09 bits per heavy atom. The molecule has 1 aliphatic rings. The molecule has 0 fully saturated rings. The van der Waals surface area contributed by atoms with Crippen LogP contribution in [0.25, 0.3) is 11.6 Å². The summed E-state index contributed by atoms with van der Waals surface area (Å²) < 4.78 is 5.33. The summed E-state index contributed by atoms with van der Waals surface area (Å²) in [6.45, 7) is 1.80. The molecule has 0 saturated carbocycles. The van der Waals surface area contributed by atoms with Crippen LogP contribution in [0.1, 0.15) is 21.5 Å². The van der Waals surface area contributed by atoms with E-state index in [1.54, 1.807) is 49.4 Å². The molecule has 112 valence electrons. The van der Waals surface area contributed by atoms with Gasteiger partial charge < -0.3 is 10.3 Å². The van der Waals surface area contributed by atoms with Crippen molar-refractivity contribution in [2.75, 3.05) is 0 Å². The molecule has 0 unspecified atom stereocenters. The number of aryl methyl sites for hydroxylation is 1. The van der Waals surface area contributed by atoms with Crippen LogP contribution < -0.4 is 4.74 Å². The van der Waals surface area contributed by atoms with Gasteiger partial charge in [-0.2, -0.15) is 4.79 Å². The number of nitrogens with zero attached hydrogens (tertiary/aromatic N) is 2. The van der Waals surface area contributed by atoms with Gasteiger partial charge in [-0.3, -0.25) is 4.79 Å². The second kappa shape index (κ2) is 5.83. The van der Waals surface area contributed by atoms with E-state index < -0.39 is 11.8 Å². The molecule has 0 saturated heterocycles. The number of hydrogen-bond donors (Lipinski definition) is 0. The minimum atomic E-state index is -0.741. The van der Waals surface area contributed by atoms with Crippen molar-refractivity contribution in [3.05, 3.63) is 76.3 Å². The number of para-hydroxylation sites is 1. The zero-order chi connectivity index (χ0) is 16.4. The minimum Gasteiger partial charge on any atom is -0.422 e. The predicted octanol–water partition coefficient (Wildman–Crippen LogP) is 2.85. The number of carbonyl (C=O) groups is 2. The molecule has 0 radical (unpaired) electrons. The van der Waals surface area contributed by atoms with E-state index in [9.17, 15) is 9.59 Å². The number of fused-ring (bicyclic) bond motifs is 1. The lowest BCUT2D eigenvalue weighted by Gasteiger charge is -2.12. The summed E-state index contributed by atoms with van der Waals surface area (Å²) in [5.74, 6) is -0.862. The van der Waals surface area contributed by atoms with Crippen LogP contribution in [0.15, 0.2) is 54.1 Å². The molecule has 0 aliphatic heterocycles. The lowest BCUT2D eigenvalue weighted by molar-refractivity contribution is -0.129. The SMILES string of the molecule is Cc1ccccc1OC(=O)C1=Cc2ccccc2C(=O)C1=[N+]=[N-]. The van der Waals surface area contributed by atoms with Crippen LogP contribution >= 0.6 is 0 Å². The number of Topliss-reactive ketones (excluding diaryl/α,β-unsaturated/α-hetero) is 1. The van der Waals surface area contributed by atoms with Gasteiger partial charge in [-0.15, -0.1) is 0 Å². The van der Waals surface area contributed by atoms with E-state index in [4.69, 9.17) is 10.3 Å². The van der Waals surface area contributed by atoms with E-state index in [0.29, 0.717) is 16.9 Å². The molecular weight excluding hydrogens is 292 g/mol. The van der Waals surface area contributed by atoms with E-state index in [-0.39, 0.29) is 11.3 Å². The third kappa shape index (κ3) is 2.61. The molecule has 5 heteroatoms. The molecule has 0 heterocycles. The molecule has 5 nitrogen and oxygen atoms in total. The third-order valence-electron chi connectivity index (χ3n) is 3.59. The summed E-state index contributed by atoms with van der Waals surface area (Å²) in [5.41, 5.74) is 10.5. The molecule has 3 rings (SSSR count). The number of hydrogen-bond acceptors (Lipinski definition) is 3. The zero-order valence-corrected chi connectivity index (χ0v) is 12.3. The first-order valence-corrected chi connectivity index (χ1v) is 6.97. The van der Waals surface area contributed by atoms with Crippen molar-refractivity contribution in [1.82, 2.24) is 0 Å². The highest BCUT2D eigenvalue weighted by molar-refractivity contribution is 6.56. The fourth-order valence-corrected chi connectivity index (χ4v) is 2.38. The standard InChI is InChI=1S/C18H12N2O3/c1-11-6-2-5-9-15(11)23-18(22)14-10-12-7-3-4-8-13(12)17(21)16(14)20-19/h2-10H,1H3. The lowest BCUT2D eigenvalue weighted by atomic mass is 9.89. The highest BCUT2D eigenvalue weighted by Crippen LogP contribution is 2.24. The van der Waals surface area contributed by atoms with Gasteiger partial charge in [0, 0.05) is 5.56 Å². The van der Waals surface area contributed by atoms with E-state index in [1.807, 2.05) is 6.07 Å². The maximum absolute atomic E-state index is 12.4. The summed E-state index contributed by atoms with van der Waals surface area (Å²) in [4.78, 5) is 27.7. The number of esters is 1. The summed E-state index contributed by atoms with van der Waals surface area (Å²) >= 11 is 0. The Morgan fingerprint density at radius 3 is 2.52 bits per heavy atom. The Morgan fingerprint density at radius 2 is 1.78 bits per heavy atom. The molecule has 0 bridgehead atoms. The highest BCUT2D eigenvalue weighted by Gasteiger charge is 2.37. The van der Waals surface area contributed by atoms with Gasteiger partial charge in [0.25, 0.3) is 5.78 Å². The van der Waals surface area contributed by atoms with Gasteiger partial charge >= 0.3 is 11.7 Å². The molecule has 0 N–H and O–H groups in total. The van der Waals surface area contributed by atoms with Gasteiger partial charge in [-0.1, -0.05) is 42.5 Å². The molecular formula is C18H12N2O3. The Bertz CT molecular complexity index is 906. The second-order valence-corrected chi connectivity index (χ2v) is 5.08. The monoisotopic (exact) mass is 304 g/mol. The summed E-state index contributed by atoms with van der Waals surface area (Å²) in [5, 5.41) is 0. The van der Waals surface area contributed by atoms with Crippen LogP contribution in [0.3, 0.4) is 0 Å². The predicted molar refractivity (Wildman–Crippen MR) is 84.2 cm³/mol. The number of ketones is 1. The van der Waals surface area contributed by atoms with Gasteiger partial charge in [0.15, 0.2) is 5.57 Å². The molecule has 0 spiro atoms. The van der Waals surface area contributed by atoms with Crippen LogP contribution in [0.5, 0.6) is 5.75 Å². The zero-order valence-electron chi connectivity index (χ0n) is 12.3. The van der Waals surface area contributed by atoms with Crippen molar-refractivity contribution in [2.45, 2.75) is 6.92 Å². The molecule has 0 atom stereocenters. The lowest BCUT2D eigenvalue weighted by Crippen LogP contribution is -2.29. The fraction of sp³-hybridized carbons (Fsp3) is 0.0556. The van der Waals surface area contributed by atoms with E-state index in [1.165, 1.54) is 6.08 Å². The summed E-state index contributed by atoms with van der Waals surface area (Å²) in [7, 11) is 0. The van der Waals surface area contributed by atoms with Crippen molar-refractivity contribution in [1.29, 1.82) is 0 Å². The van der Waals surface area contributed by atoms with Crippen molar-refractivity contribution < 1.29 is 19.1 Å². The molecule has 2 aromatic carbocycles. The first kappa shape index (κ1) is 14.6. The Hall–Kier alpha value is -3.30. The average Bonchev–Trinajstić information content (AvgIpc) is 2.57. The van der Waals surface area contributed by atoms with E-state index >= 15 is 0 Å². The highest BCUT2D eigenvalue weighted by atomic mass is 16.5.